The summed E-state index contributed by atoms with van der Waals surface area (Å²) >= 11 is 5.88. The standard InChI is InChI=1S/C15H21ClN2O3/c1-4-10(3)9-18(5-2)15(21)17-11-6-7-12(14(19)20)13(16)8-11/h6-8,10H,4-5,9H2,1-3H3,(H,17,21)(H,19,20). The number of benzene rings is 1. The molecule has 0 heterocycles. The molecule has 0 aliphatic rings. The molecule has 21 heavy (non-hydrogen) atoms. The Morgan fingerprint density at radius 3 is 2.52 bits per heavy atom. The fourth-order valence-corrected chi connectivity index (χ4v) is 2.09. The highest BCUT2D eigenvalue weighted by Crippen LogP contribution is 2.21. The summed E-state index contributed by atoms with van der Waals surface area (Å²) in [4.78, 5) is 24.8. The fourth-order valence-electron chi connectivity index (χ4n) is 1.83. The number of hydrogen-bond donors (Lipinski definition) is 2. The molecular weight excluding hydrogens is 292 g/mol. The smallest absolute Gasteiger partial charge is 0.337 e. The van der Waals surface area contributed by atoms with Gasteiger partial charge in [0.15, 0.2) is 0 Å². The summed E-state index contributed by atoms with van der Waals surface area (Å²) < 4.78 is 0. The molecule has 1 rings (SSSR count). The van der Waals surface area contributed by atoms with E-state index in [-0.39, 0.29) is 16.6 Å². The Balaban J connectivity index is 2.77. The van der Waals surface area contributed by atoms with E-state index in [0.717, 1.165) is 6.42 Å². The number of carbonyl (C=O) groups is 2. The van der Waals surface area contributed by atoms with E-state index in [4.69, 9.17) is 16.7 Å². The minimum atomic E-state index is -1.09. The normalized spacial score (nSPS) is 11.8. The molecule has 0 saturated heterocycles. The Labute approximate surface area is 129 Å². The highest BCUT2D eigenvalue weighted by atomic mass is 35.5. The number of hydrogen-bond acceptors (Lipinski definition) is 2. The number of carboxylic acid groups (broad SMARTS) is 1. The zero-order valence-corrected chi connectivity index (χ0v) is 13.3. The van der Waals surface area contributed by atoms with E-state index in [1.165, 1.54) is 18.2 Å². The van der Waals surface area contributed by atoms with Gasteiger partial charge in [0.2, 0.25) is 0 Å². The van der Waals surface area contributed by atoms with Crippen LogP contribution < -0.4 is 5.32 Å². The Bertz CT molecular complexity index is 520. The van der Waals surface area contributed by atoms with Crippen LogP contribution in [0.15, 0.2) is 18.2 Å². The zero-order valence-electron chi connectivity index (χ0n) is 12.5. The van der Waals surface area contributed by atoms with E-state index in [0.29, 0.717) is 24.7 Å². The summed E-state index contributed by atoms with van der Waals surface area (Å²) in [6.45, 7) is 7.38. The predicted octanol–water partition coefficient (Wildman–Crippen LogP) is 3.94. The summed E-state index contributed by atoms with van der Waals surface area (Å²) in [6, 6.07) is 4.15. The number of nitrogens with zero attached hydrogens (tertiary/aromatic N) is 1. The molecule has 0 radical (unpaired) electrons. The van der Waals surface area contributed by atoms with Crippen molar-refractivity contribution < 1.29 is 14.7 Å². The zero-order chi connectivity index (χ0) is 16.0. The minimum Gasteiger partial charge on any atom is -0.478 e. The lowest BCUT2D eigenvalue weighted by Crippen LogP contribution is -2.37. The molecule has 0 fully saturated rings. The molecule has 0 aliphatic heterocycles. The van der Waals surface area contributed by atoms with E-state index < -0.39 is 5.97 Å². The van der Waals surface area contributed by atoms with E-state index >= 15 is 0 Å². The van der Waals surface area contributed by atoms with Crippen molar-refractivity contribution in [3.8, 4) is 0 Å². The van der Waals surface area contributed by atoms with Crippen molar-refractivity contribution >= 4 is 29.3 Å². The van der Waals surface area contributed by atoms with Crippen LogP contribution in [0.3, 0.4) is 0 Å². The van der Waals surface area contributed by atoms with Crippen LogP contribution in [0.4, 0.5) is 10.5 Å². The van der Waals surface area contributed by atoms with Crippen LogP contribution in [-0.2, 0) is 0 Å². The first-order valence-electron chi connectivity index (χ1n) is 6.97. The van der Waals surface area contributed by atoms with Crippen LogP contribution >= 0.6 is 11.6 Å². The van der Waals surface area contributed by atoms with E-state index in [2.05, 4.69) is 19.2 Å². The third-order valence-corrected chi connectivity index (χ3v) is 3.66. The van der Waals surface area contributed by atoms with Gasteiger partial charge in [-0.05, 0) is 31.0 Å². The van der Waals surface area contributed by atoms with Crippen LogP contribution in [0.5, 0.6) is 0 Å². The van der Waals surface area contributed by atoms with Gasteiger partial charge in [-0.2, -0.15) is 0 Å². The first-order chi connectivity index (χ1) is 9.88. The average Bonchev–Trinajstić information content (AvgIpc) is 2.43. The minimum absolute atomic E-state index is 0.0154. The number of carboxylic acids is 1. The largest absolute Gasteiger partial charge is 0.478 e. The molecule has 1 unspecified atom stereocenters. The molecule has 2 N–H and O–H groups in total. The van der Waals surface area contributed by atoms with Crippen molar-refractivity contribution in [1.82, 2.24) is 4.90 Å². The molecule has 0 saturated carbocycles. The topological polar surface area (TPSA) is 69.6 Å². The summed E-state index contributed by atoms with van der Waals surface area (Å²) in [5.74, 6) is -0.668. The van der Waals surface area contributed by atoms with Gasteiger partial charge in [-0.15, -0.1) is 0 Å². The molecule has 1 atom stereocenters. The predicted molar refractivity (Wildman–Crippen MR) is 84.1 cm³/mol. The summed E-state index contributed by atoms with van der Waals surface area (Å²) in [6.07, 6.45) is 1.00. The van der Waals surface area contributed by atoms with Crippen LogP contribution in [-0.4, -0.2) is 35.1 Å². The van der Waals surface area contributed by atoms with E-state index in [1.807, 2.05) is 6.92 Å². The van der Waals surface area contributed by atoms with Crippen molar-refractivity contribution in [3.05, 3.63) is 28.8 Å². The SMILES string of the molecule is CCC(C)CN(CC)C(=O)Nc1ccc(C(=O)O)c(Cl)c1. The van der Waals surface area contributed by atoms with Crippen LogP contribution in [0.25, 0.3) is 0 Å². The van der Waals surface area contributed by atoms with Crippen molar-refractivity contribution in [2.45, 2.75) is 27.2 Å². The second-order valence-electron chi connectivity index (χ2n) is 4.98. The maximum Gasteiger partial charge on any atom is 0.337 e. The monoisotopic (exact) mass is 312 g/mol. The number of nitrogens with one attached hydrogen (secondary N) is 1. The molecule has 1 aromatic rings. The van der Waals surface area contributed by atoms with Gasteiger partial charge in [-0.1, -0.05) is 31.9 Å². The van der Waals surface area contributed by atoms with Crippen molar-refractivity contribution in [2.24, 2.45) is 5.92 Å². The number of urea groups is 1. The molecule has 2 amide bonds. The average molecular weight is 313 g/mol. The fraction of sp³-hybridized carbons (Fsp3) is 0.467. The Morgan fingerprint density at radius 1 is 1.38 bits per heavy atom. The lowest BCUT2D eigenvalue weighted by Gasteiger charge is -2.24. The van der Waals surface area contributed by atoms with Gasteiger partial charge < -0.3 is 15.3 Å². The molecule has 0 bridgehead atoms. The third kappa shape index (κ3) is 4.93. The number of aromatic carboxylic acids is 1. The number of halogens is 1. The van der Waals surface area contributed by atoms with Gasteiger partial charge in [0.05, 0.1) is 10.6 Å². The van der Waals surface area contributed by atoms with Crippen molar-refractivity contribution in [1.29, 1.82) is 0 Å². The van der Waals surface area contributed by atoms with Crippen molar-refractivity contribution in [3.63, 3.8) is 0 Å². The second kappa shape index (κ2) is 7.88. The molecule has 0 aliphatic carbocycles. The van der Waals surface area contributed by atoms with Crippen molar-refractivity contribution in [2.75, 3.05) is 18.4 Å². The number of amides is 2. The highest BCUT2D eigenvalue weighted by Gasteiger charge is 2.15. The summed E-state index contributed by atoms with van der Waals surface area (Å²) in [7, 11) is 0. The number of rotatable bonds is 6. The first kappa shape index (κ1) is 17.3. The second-order valence-corrected chi connectivity index (χ2v) is 5.39. The molecule has 1 aromatic carbocycles. The molecule has 116 valence electrons. The first-order valence-corrected chi connectivity index (χ1v) is 7.35. The number of anilines is 1. The maximum atomic E-state index is 12.2. The van der Waals surface area contributed by atoms with Gasteiger partial charge in [0.1, 0.15) is 0 Å². The summed E-state index contributed by atoms with van der Waals surface area (Å²) in [5, 5.41) is 11.8. The number of carbonyl (C=O) groups excluding carboxylic acids is 1. The van der Waals surface area contributed by atoms with E-state index in [1.54, 1.807) is 4.90 Å². The molecule has 6 heteroatoms. The van der Waals surface area contributed by atoms with Gasteiger partial charge in [0.25, 0.3) is 0 Å². The molecule has 0 aromatic heterocycles. The highest BCUT2D eigenvalue weighted by molar-refractivity contribution is 6.33. The van der Waals surface area contributed by atoms with Gasteiger partial charge in [0, 0.05) is 18.8 Å². The van der Waals surface area contributed by atoms with Crippen LogP contribution in [0.1, 0.15) is 37.6 Å². The lowest BCUT2D eigenvalue weighted by atomic mass is 10.1. The Hall–Kier alpha value is -1.75. The van der Waals surface area contributed by atoms with E-state index in [9.17, 15) is 9.59 Å². The van der Waals surface area contributed by atoms with Crippen LogP contribution in [0, 0.1) is 5.92 Å². The summed E-state index contributed by atoms with van der Waals surface area (Å²) in [5.41, 5.74) is 0.499. The third-order valence-electron chi connectivity index (χ3n) is 3.35. The quantitative estimate of drug-likeness (QED) is 0.836. The molecular formula is C15H21ClN2O3. The van der Waals surface area contributed by atoms with Gasteiger partial charge in [-0.25, -0.2) is 9.59 Å². The Morgan fingerprint density at radius 2 is 2.05 bits per heavy atom. The van der Waals surface area contributed by atoms with Crippen LogP contribution in [0.2, 0.25) is 5.02 Å². The Kier molecular flexibility index (Phi) is 6.49. The molecule has 5 nitrogen and oxygen atoms in total. The lowest BCUT2D eigenvalue weighted by molar-refractivity contribution is 0.0697. The maximum absolute atomic E-state index is 12.2. The molecule has 0 spiro atoms. The van der Waals surface area contributed by atoms with Gasteiger partial charge >= 0.3 is 12.0 Å². The van der Waals surface area contributed by atoms with Gasteiger partial charge in [-0.3, -0.25) is 0 Å².